The van der Waals surface area contributed by atoms with Crippen LogP contribution in [0.1, 0.15) is 33.6 Å². The Balaban J connectivity index is -0.000000286. The predicted molar refractivity (Wildman–Crippen MR) is 86.1 cm³/mol. The lowest BCUT2D eigenvalue weighted by atomic mass is 10.3. The number of hydrogen-bond donors (Lipinski definition) is 4. The molecule has 0 rings (SSSR count). The molecule has 0 fully saturated rings. The molecule has 1 unspecified atom stereocenters. The van der Waals surface area contributed by atoms with Gasteiger partial charge < -0.3 is 34.6 Å². The van der Waals surface area contributed by atoms with Crippen molar-refractivity contribution in [3.63, 3.8) is 0 Å². The van der Waals surface area contributed by atoms with Crippen LogP contribution in [0.25, 0.3) is 0 Å². The van der Waals surface area contributed by atoms with Crippen LogP contribution in [-0.4, -0.2) is 85.4 Å². The second-order valence-corrected chi connectivity index (χ2v) is 4.11. The van der Waals surface area contributed by atoms with Gasteiger partial charge in [-0.25, -0.2) is 0 Å². The highest BCUT2D eigenvalue weighted by Crippen LogP contribution is 1.92. The quantitative estimate of drug-likeness (QED) is 0.298. The number of carbonyl (C=O) groups is 1. The topological polar surface area (TPSA) is 126 Å². The monoisotopic (exact) mass is 342 g/mol. The van der Waals surface area contributed by atoms with E-state index in [1.165, 1.54) is 0 Å². The summed E-state index contributed by atoms with van der Waals surface area (Å²) in [5, 5.41) is 33.3. The standard InChI is InChI=1S/C7H14O4.C4H10O3.C4H10O/c1-2-3-7(10)11-5-6(9)4-8;5-1-3-7-4-2-6;1-3-5-4-2/h6,8-9H,2-5H2,1H3;5-6H,1-4H2;3-4H2,1-2H3. The second kappa shape index (κ2) is 26.1. The first-order valence-electron chi connectivity index (χ1n) is 7.85. The van der Waals surface area contributed by atoms with E-state index in [0.29, 0.717) is 19.6 Å². The lowest BCUT2D eigenvalue weighted by molar-refractivity contribution is -0.147. The zero-order valence-electron chi connectivity index (χ0n) is 14.6. The predicted octanol–water partition coefficient (Wildman–Crippen LogP) is -0.287. The molecule has 4 N–H and O–H groups in total. The van der Waals surface area contributed by atoms with Gasteiger partial charge >= 0.3 is 5.97 Å². The Morgan fingerprint density at radius 2 is 1.48 bits per heavy atom. The van der Waals surface area contributed by atoms with Gasteiger partial charge in [-0.1, -0.05) is 6.92 Å². The minimum Gasteiger partial charge on any atom is -0.463 e. The Bertz CT molecular complexity index is 208. The number of hydrogen-bond acceptors (Lipinski definition) is 8. The van der Waals surface area contributed by atoms with E-state index in [1.54, 1.807) is 0 Å². The molecule has 0 aromatic rings. The zero-order chi connectivity index (χ0) is 18.3. The van der Waals surface area contributed by atoms with Crippen molar-refractivity contribution in [2.75, 3.05) is 52.9 Å². The van der Waals surface area contributed by atoms with Crippen molar-refractivity contribution in [3.05, 3.63) is 0 Å². The molecule has 0 saturated heterocycles. The summed E-state index contributed by atoms with van der Waals surface area (Å²) in [6.07, 6.45) is 0.141. The lowest BCUT2D eigenvalue weighted by Gasteiger charge is -2.07. The lowest BCUT2D eigenvalue weighted by Crippen LogP contribution is -2.21. The molecule has 142 valence electrons. The highest BCUT2D eigenvalue weighted by atomic mass is 16.5. The summed E-state index contributed by atoms with van der Waals surface area (Å²) in [5.41, 5.74) is 0. The molecule has 0 amide bonds. The third-order valence-corrected chi connectivity index (χ3v) is 1.98. The van der Waals surface area contributed by atoms with Gasteiger partial charge in [0.05, 0.1) is 33.0 Å². The van der Waals surface area contributed by atoms with Crippen LogP contribution >= 0.6 is 0 Å². The van der Waals surface area contributed by atoms with Crippen LogP contribution in [0, 0.1) is 0 Å². The Morgan fingerprint density at radius 3 is 1.78 bits per heavy atom. The minimum atomic E-state index is -0.948. The van der Waals surface area contributed by atoms with Gasteiger partial charge in [0.1, 0.15) is 12.7 Å². The van der Waals surface area contributed by atoms with Crippen molar-refractivity contribution in [2.45, 2.75) is 39.7 Å². The summed E-state index contributed by atoms with van der Waals surface area (Å²) < 4.78 is 14.1. The number of rotatable bonds is 11. The Morgan fingerprint density at radius 1 is 0.957 bits per heavy atom. The first-order valence-corrected chi connectivity index (χ1v) is 7.85. The third-order valence-electron chi connectivity index (χ3n) is 1.98. The number of aliphatic hydroxyl groups excluding tert-OH is 4. The molecule has 8 heteroatoms. The van der Waals surface area contributed by atoms with Crippen LogP contribution < -0.4 is 0 Å². The maximum absolute atomic E-state index is 10.6. The molecule has 0 aromatic carbocycles. The highest BCUT2D eigenvalue weighted by molar-refractivity contribution is 5.69. The van der Waals surface area contributed by atoms with Gasteiger partial charge in [-0.3, -0.25) is 4.79 Å². The Kier molecular flexibility index (Phi) is 30.8. The van der Waals surface area contributed by atoms with Crippen molar-refractivity contribution >= 4 is 5.97 Å². The third kappa shape index (κ3) is 33.8. The summed E-state index contributed by atoms with van der Waals surface area (Å²) in [7, 11) is 0. The van der Waals surface area contributed by atoms with Crippen LogP contribution in [0.5, 0.6) is 0 Å². The van der Waals surface area contributed by atoms with Gasteiger partial charge in [0.25, 0.3) is 0 Å². The van der Waals surface area contributed by atoms with Crippen molar-refractivity contribution in [1.29, 1.82) is 0 Å². The highest BCUT2D eigenvalue weighted by Gasteiger charge is 2.05. The van der Waals surface area contributed by atoms with Gasteiger partial charge in [-0.2, -0.15) is 0 Å². The first-order chi connectivity index (χ1) is 11.0. The van der Waals surface area contributed by atoms with E-state index in [-0.39, 0.29) is 32.4 Å². The van der Waals surface area contributed by atoms with Crippen LogP contribution in [-0.2, 0) is 19.0 Å². The fourth-order valence-electron chi connectivity index (χ4n) is 0.953. The Labute approximate surface area is 139 Å². The molecule has 0 bridgehead atoms. The molecule has 0 aliphatic carbocycles. The van der Waals surface area contributed by atoms with Crippen LogP contribution in [0.2, 0.25) is 0 Å². The van der Waals surface area contributed by atoms with Gasteiger partial charge in [-0.05, 0) is 20.3 Å². The molecule has 8 nitrogen and oxygen atoms in total. The molecule has 0 heterocycles. The van der Waals surface area contributed by atoms with E-state index in [9.17, 15) is 4.79 Å². The SMILES string of the molecule is CCCC(=O)OCC(O)CO.CCOCC.OCCOCCO. The first kappa shape index (κ1) is 27.1. The molecule has 0 aliphatic rings. The van der Waals surface area contributed by atoms with Crippen LogP contribution in [0.4, 0.5) is 0 Å². The number of ether oxygens (including phenoxy) is 3. The van der Waals surface area contributed by atoms with Crippen molar-refractivity contribution in [2.24, 2.45) is 0 Å². The molecule has 0 aliphatic heterocycles. The van der Waals surface area contributed by atoms with E-state index in [0.717, 1.165) is 19.6 Å². The van der Waals surface area contributed by atoms with E-state index >= 15 is 0 Å². The maximum Gasteiger partial charge on any atom is 0.305 e. The molecule has 0 radical (unpaired) electrons. The summed E-state index contributed by atoms with van der Waals surface area (Å²) in [5.74, 6) is -0.333. The molecule has 0 saturated carbocycles. The molecule has 23 heavy (non-hydrogen) atoms. The normalized spacial score (nSPS) is 10.7. The maximum atomic E-state index is 10.6. The minimum absolute atomic E-state index is 0.0278. The summed E-state index contributed by atoms with van der Waals surface area (Å²) in [4.78, 5) is 10.6. The molecular weight excluding hydrogens is 308 g/mol. The van der Waals surface area contributed by atoms with E-state index in [4.69, 9.17) is 25.2 Å². The summed E-state index contributed by atoms with van der Waals surface area (Å²) in [6.45, 7) is 7.74. The van der Waals surface area contributed by atoms with E-state index in [2.05, 4.69) is 9.47 Å². The van der Waals surface area contributed by atoms with Gasteiger partial charge in [0, 0.05) is 19.6 Å². The molecule has 1 atom stereocenters. The molecule has 0 spiro atoms. The van der Waals surface area contributed by atoms with Gasteiger partial charge in [0.2, 0.25) is 0 Å². The van der Waals surface area contributed by atoms with E-state index in [1.807, 2.05) is 20.8 Å². The molecular formula is C15H34O8. The van der Waals surface area contributed by atoms with Gasteiger partial charge in [-0.15, -0.1) is 0 Å². The average Bonchev–Trinajstić information content (AvgIpc) is 2.55. The van der Waals surface area contributed by atoms with Crippen molar-refractivity contribution < 1.29 is 39.4 Å². The second-order valence-electron chi connectivity index (χ2n) is 4.11. The number of esters is 1. The Hall–Kier alpha value is -0.770. The van der Waals surface area contributed by atoms with Crippen molar-refractivity contribution in [1.82, 2.24) is 0 Å². The van der Waals surface area contributed by atoms with Crippen LogP contribution in [0.15, 0.2) is 0 Å². The fraction of sp³-hybridized carbons (Fsp3) is 0.933. The summed E-state index contributed by atoms with van der Waals surface area (Å²) >= 11 is 0. The summed E-state index contributed by atoms with van der Waals surface area (Å²) in [6, 6.07) is 0. The van der Waals surface area contributed by atoms with Gasteiger partial charge in [0.15, 0.2) is 0 Å². The fourth-order valence-corrected chi connectivity index (χ4v) is 0.953. The number of carbonyl (C=O) groups excluding carboxylic acids is 1. The number of aliphatic hydroxyl groups is 4. The van der Waals surface area contributed by atoms with Crippen LogP contribution in [0.3, 0.4) is 0 Å². The smallest absolute Gasteiger partial charge is 0.305 e. The van der Waals surface area contributed by atoms with Crippen molar-refractivity contribution in [3.8, 4) is 0 Å². The zero-order valence-corrected chi connectivity index (χ0v) is 14.6. The molecule has 0 aromatic heterocycles. The largest absolute Gasteiger partial charge is 0.463 e. The average molecular weight is 342 g/mol. The van der Waals surface area contributed by atoms with E-state index < -0.39 is 6.10 Å².